The fourth-order valence-electron chi connectivity index (χ4n) is 3.64. The summed E-state index contributed by atoms with van der Waals surface area (Å²) in [6.07, 6.45) is 2.34. The second-order valence-electron chi connectivity index (χ2n) is 7.30. The predicted molar refractivity (Wildman–Crippen MR) is 122 cm³/mol. The average molecular weight is 434 g/mol. The maximum Gasteiger partial charge on any atom is 0.256 e. The summed E-state index contributed by atoms with van der Waals surface area (Å²) in [4.78, 5) is 29.2. The van der Waals surface area contributed by atoms with Gasteiger partial charge in [-0.05, 0) is 48.5 Å². The Morgan fingerprint density at radius 3 is 2.39 bits per heavy atom. The van der Waals surface area contributed by atoms with E-state index in [1.54, 1.807) is 17.2 Å². The maximum absolute atomic E-state index is 13.3. The SMILES string of the molecule is O=C(C[C@@H]1C(=O)N(c2ccccc2)C(=S)N1Cc1ccco1)NCCc1ccccc1. The van der Waals surface area contributed by atoms with Crippen LogP contribution in [-0.2, 0) is 22.6 Å². The molecule has 0 unspecified atom stereocenters. The third-order valence-electron chi connectivity index (χ3n) is 5.20. The number of hydrogen-bond donors (Lipinski definition) is 1. The minimum absolute atomic E-state index is 0.0256. The zero-order valence-corrected chi connectivity index (χ0v) is 17.8. The predicted octanol–water partition coefficient (Wildman–Crippen LogP) is 3.53. The van der Waals surface area contributed by atoms with Gasteiger partial charge >= 0.3 is 0 Å². The molecule has 2 amide bonds. The van der Waals surface area contributed by atoms with Gasteiger partial charge in [0.15, 0.2) is 5.11 Å². The van der Waals surface area contributed by atoms with Crippen LogP contribution >= 0.6 is 12.2 Å². The van der Waals surface area contributed by atoms with Crippen LogP contribution in [0.2, 0.25) is 0 Å². The van der Waals surface area contributed by atoms with Gasteiger partial charge in [0.2, 0.25) is 5.91 Å². The van der Waals surface area contributed by atoms with Gasteiger partial charge in [0, 0.05) is 6.54 Å². The molecule has 1 aromatic heterocycles. The third kappa shape index (κ3) is 4.83. The first-order valence-corrected chi connectivity index (χ1v) is 10.6. The van der Waals surface area contributed by atoms with E-state index in [9.17, 15) is 9.59 Å². The van der Waals surface area contributed by atoms with Crippen LogP contribution in [0.4, 0.5) is 5.69 Å². The van der Waals surface area contributed by atoms with E-state index < -0.39 is 6.04 Å². The van der Waals surface area contributed by atoms with Crippen molar-refractivity contribution in [2.75, 3.05) is 11.4 Å². The molecule has 7 heteroatoms. The molecule has 1 fully saturated rings. The fraction of sp³-hybridized carbons (Fsp3) is 0.208. The summed E-state index contributed by atoms with van der Waals surface area (Å²) < 4.78 is 5.46. The molecule has 0 radical (unpaired) electrons. The minimum atomic E-state index is -0.686. The molecule has 1 aliphatic rings. The number of amides is 2. The van der Waals surface area contributed by atoms with Gasteiger partial charge < -0.3 is 14.6 Å². The Labute approximate surface area is 186 Å². The summed E-state index contributed by atoms with van der Waals surface area (Å²) in [5.41, 5.74) is 1.84. The Morgan fingerprint density at radius 1 is 1.00 bits per heavy atom. The Balaban J connectivity index is 1.46. The Morgan fingerprint density at radius 2 is 1.71 bits per heavy atom. The van der Waals surface area contributed by atoms with Crippen molar-refractivity contribution in [1.82, 2.24) is 10.2 Å². The van der Waals surface area contributed by atoms with E-state index >= 15 is 0 Å². The third-order valence-corrected chi connectivity index (χ3v) is 5.61. The van der Waals surface area contributed by atoms with Crippen LogP contribution in [0.3, 0.4) is 0 Å². The summed E-state index contributed by atoms with van der Waals surface area (Å²) in [7, 11) is 0. The van der Waals surface area contributed by atoms with Crippen LogP contribution in [0.15, 0.2) is 83.5 Å². The first-order chi connectivity index (χ1) is 15.1. The molecule has 4 rings (SSSR count). The normalized spacial score (nSPS) is 16.1. The quantitative estimate of drug-likeness (QED) is 0.551. The van der Waals surface area contributed by atoms with Crippen LogP contribution in [0.1, 0.15) is 17.7 Å². The Hall–Kier alpha value is -3.45. The highest BCUT2D eigenvalue weighted by Gasteiger charge is 2.44. The molecule has 2 aromatic carbocycles. The molecule has 0 bridgehead atoms. The van der Waals surface area contributed by atoms with Crippen molar-refractivity contribution in [2.24, 2.45) is 0 Å². The van der Waals surface area contributed by atoms with Crippen molar-refractivity contribution in [3.05, 3.63) is 90.4 Å². The zero-order chi connectivity index (χ0) is 21.6. The van der Waals surface area contributed by atoms with Gasteiger partial charge in [-0.1, -0.05) is 48.5 Å². The number of anilines is 1. The molecule has 1 N–H and O–H groups in total. The number of benzene rings is 2. The van der Waals surface area contributed by atoms with Crippen LogP contribution in [0, 0.1) is 0 Å². The van der Waals surface area contributed by atoms with Gasteiger partial charge in [-0.3, -0.25) is 14.5 Å². The van der Waals surface area contributed by atoms with E-state index in [1.165, 1.54) is 4.90 Å². The highest BCUT2D eigenvalue weighted by atomic mass is 32.1. The molecule has 0 spiro atoms. The fourth-order valence-corrected chi connectivity index (χ4v) is 4.02. The summed E-state index contributed by atoms with van der Waals surface area (Å²) in [6.45, 7) is 0.831. The van der Waals surface area contributed by atoms with Gasteiger partial charge in [0.05, 0.1) is 24.9 Å². The smallest absolute Gasteiger partial charge is 0.256 e. The first-order valence-electron chi connectivity index (χ1n) is 10.2. The largest absolute Gasteiger partial charge is 0.467 e. The van der Waals surface area contributed by atoms with Gasteiger partial charge in [-0.15, -0.1) is 0 Å². The number of thiocarbonyl (C=S) groups is 1. The van der Waals surface area contributed by atoms with E-state index in [-0.39, 0.29) is 18.2 Å². The average Bonchev–Trinajstić information content (AvgIpc) is 3.38. The number of hydrogen-bond acceptors (Lipinski definition) is 4. The second-order valence-corrected chi connectivity index (χ2v) is 7.67. The van der Waals surface area contributed by atoms with Crippen molar-refractivity contribution in [1.29, 1.82) is 0 Å². The molecule has 6 nitrogen and oxygen atoms in total. The molecule has 3 aromatic rings. The van der Waals surface area contributed by atoms with Crippen molar-refractivity contribution in [2.45, 2.75) is 25.4 Å². The number of carbonyl (C=O) groups is 2. The van der Waals surface area contributed by atoms with Gasteiger partial charge in [0.1, 0.15) is 11.8 Å². The number of furan rings is 1. The van der Waals surface area contributed by atoms with Crippen molar-refractivity contribution >= 4 is 34.8 Å². The summed E-state index contributed by atoms with van der Waals surface area (Å²) >= 11 is 5.63. The van der Waals surface area contributed by atoms with E-state index in [0.29, 0.717) is 29.6 Å². The monoisotopic (exact) mass is 433 g/mol. The number of rotatable bonds is 8. The molecule has 158 valence electrons. The lowest BCUT2D eigenvalue weighted by Gasteiger charge is -2.22. The summed E-state index contributed by atoms with van der Waals surface area (Å²) in [6, 6.07) is 22.1. The molecule has 0 saturated carbocycles. The topological polar surface area (TPSA) is 65.8 Å². The molecular formula is C24H23N3O3S. The highest BCUT2D eigenvalue weighted by molar-refractivity contribution is 7.80. The van der Waals surface area contributed by atoms with Gasteiger partial charge in [-0.2, -0.15) is 0 Å². The minimum Gasteiger partial charge on any atom is -0.467 e. The lowest BCUT2D eigenvalue weighted by atomic mass is 10.1. The molecule has 1 aliphatic heterocycles. The number of nitrogens with one attached hydrogen (secondary N) is 1. The maximum atomic E-state index is 13.3. The first kappa shape index (κ1) is 20.8. The van der Waals surface area contributed by atoms with Crippen molar-refractivity contribution in [3.63, 3.8) is 0 Å². The molecule has 0 aliphatic carbocycles. The summed E-state index contributed by atoms with van der Waals surface area (Å²) in [5.74, 6) is 0.289. The van der Waals surface area contributed by atoms with E-state index in [0.717, 1.165) is 12.0 Å². The van der Waals surface area contributed by atoms with Crippen LogP contribution in [-0.4, -0.2) is 34.4 Å². The highest BCUT2D eigenvalue weighted by Crippen LogP contribution is 2.28. The van der Waals surface area contributed by atoms with E-state index in [1.807, 2.05) is 66.7 Å². The van der Waals surface area contributed by atoms with Crippen LogP contribution in [0.25, 0.3) is 0 Å². The Kier molecular flexibility index (Phi) is 6.43. The molecular weight excluding hydrogens is 410 g/mol. The van der Waals surface area contributed by atoms with Gasteiger partial charge in [-0.25, -0.2) is 0 Å². The Bertz CT molecular complexity index is 1040. The van der Waals surface area contributed by atoms with Crippen molar-refractivity contribution < 1.29 is 14.0 Å². The van der Waals surface area contributed by atoms with Crippen LogP contribution < -0.4 is 10.2 Å². The lowest BCUT2D eigenvalue weighted by Crippen LogP contribution is -2.39. The van der Waals surface area contributed by atoms with Crippen molar-refractivity contribution in [3.8, 4) is 0 Å². The molecule has 1 atom stereocenters. The van der Waals surface area contributed by atoms with E-state index in [2.05, 4.69) is 5.32 Å². The molecule has 31 heavy (non-hydrogen) atoms. The van der Waals surface area contributed by atoms with E-state index in [4.69, 9.17) is 16.6 Å². The molecule has 1 saturated heterocycles. The molecule has 2 heterocycles. The second kappa shape index (κ2) is 9.57. The zero-order valence-electron chi connectivity index (χ0n) is 16.9. The number of carbonyl (C=O) groups excluding carboxylic acids is 2. The van der Waals surface area contributed by atoms with Crippen LogP contribution in [0.5, 0.6) is 0 Å². The van der Waals surface area contributed by atoms with Gasteiger partial charge in [0.25, 0.3) is 5.91 Å². The number of para-hydroxylation sites is 1. The standard InChI is InChI=1S/C24H23N3O3S/c28-22(25-14-13-18-8-3-1-4-9-18)16-21-23(29)27(19-10-5-2-6-11-19)24(31)26(21)17-20-12-7-15-30-20/h1-12,15,21H,13-14,16-17H2,(H,25,28)/t21-/m1/s1. The number of nitrogens with zero attached hydrogens (tertiary/aromatic N) is 2. The lowest BCUT2D eigenvalue weighted by molar-refractivity contribution is -0.127. The summed E-state index contributed by atoms with van der Waals surface area (Å²) in [5, 5.41) is 3.29.